The maximum Gasteiger partial charge on any atom is 0.312 e. The molecule has 1 fully saturated rings. The third kappa shape index (κ3) is 5.22. The molecular weight excluding hydrogens is 402 g/mol. The van der Waals surface area contributed by atoms with E-state index >= 15 is 0 Å². The highest BCUT2D eigenvalue weighted by atomic mass is 32.2. The molecule has 0 spiro atoms. The van der Waals surface area contributed by atoms with Crippen molar-refractivity contribution in [2.24, 2.45) is 5.92 Å². The predicted octanol–water partition coefficient (Wildman–Crippen LogP) is 5.88. The quantitative estimate of drug-likeness (QED) is 0.322. The second-order valence-electron chi connectivity index (χ2n) is 8.81. The van der Waals surface area contributed by atoms with Crippen LogP contribution in [0.3, 0.4) is 0 Å². The lowest BCUT2D eigenvalue weighted by Gasteiger charge is -2.23. The molecule has 0 aliphatic heterocycles. The van der Waals surface area contributed by atoms with Crippen molar-refractivity contribution in [2.45, 2.75) is 81.5 Å². The first-order valence-corrected chi connectivity index (χ1v) is 11.2. The SMILES string of the molecule is Cc1nn(C(C)(C)C)c(OC(=O)CC2CCCCC2)c1Sc1ccccc1[N+](=O)[O-]. The predicted molar refractivity (Wildman–Crippen MR) is 116 cm³/mol. The number of rotatable bonds is 6. The number of hydrogen-bond acceptors (Lipinski definition) is 6. The van der Waals surface area contributed by atoms with Gasteiger partial charge in [0.25, 0.3) is 5.69 Å². The number of para-hydroxylation sites is 1. The van der Waals surface area contributed by atoms with Crippen molar-refractivity contribution in [3.05, 3.63) is 40.1 Å². The molecule has 8 heteroatoms. The highest BCUT2D eigenvalue weighted by Gasteiger charge is 2.29. The summed E-state index contributed by atoms with van der Waals surface area (Å²) in [6.07, 6.45) is 6.07. The summed E-state index contributed by atoms with van der Waals surface area (Å²) >= 11 is 1.22. The molecule has 1 heterocycles. The largest absolute Gasteiger partial charge is 0.406 e. The lowest BCUT2D eigenvalue weighted by atomic mass is 9.87. The van der Waals surface area contributed by atoms with E-state index in [1.54, 1.807) is 22.9 Å². The standard InChI is InChI=1S/C22H29N3O4S/c1-15-20(30-18-13-9-8-12-17(18)25(27)28)21(24(23-15)22(2,3)4)29-19(26)14-16-10-6-5-7-11-16/h8-9,12-13,16H,5-7,10-11,14H2,1-4H3. The van der Waals surface area contributed by atoms with Gasteiger partial charge in [-0.2, -0.15) is 5.10 Å². The maximum absolute atomic E-state index is 12.8. The first-order valence-electron chi connectivity index (χ1n) is 10.4. The average Bonchev–Trinajstić information content (AvgIpc) is 2.99. The fourth-order valence-electron chi connectivity index (χ4n) is 3.73. The number of hydrogen-bond donors (Lipinski definition) is 0. The molecule has 0 N–H and O–H groups in total. The minimum Gasteiger partial charge on any atom is -0.406 e. The van der Waals surface area contributed by atoms with Gasteiger partial charge in [-0.25, -0.2) is 4.68 Å². The molecule has 162 valence electrons. The third-order valence-electron chi connectivity index (χ3n) is 5.27. The van der Waals surface area contributed by atoms with E-state index in [1.807, 2.05) is 27.7 Å². The van der Waals surface area contributed by atoms with Crippen molar-refractivity contribution in [2.75, 3.05) is 0 Å². The smallest absolute Gasteiger partial charge is 0.312 e. The summed E-state index contributed by atoms with van der Waals surface area (Å²) in [4.78, 5) is 24.9. The van der Waals surface area contributed by atoms with Crippen LogP contribution in [0.25, 0.3) is 0 Å². The normalized spacial score (nSPS) is 15.2. The number of aromatic nitrogens is 2. The molecule has 1 aliphatic rings. The summed E-state index contributed by atoms with van der Waals surface area (Å²) in [6, 6.07) is 6.57. The van der Waals surface area contributed by atoms with Gasteiger partial charge in [0.1, 0.15) is 0 Å². The molecule has 0 atom stereocenters. The van der Waals surface area contributed by atoms with Crippen molar-refractivity contribution in [1.29, 1.82) is 0 Å². The fraction of sp³-hybridized carbons (Fsp3) is 0.545. The van der Waals surface area contributed by atoms with Crippen molar-refractivity contribution in [1.82, 2.24) is 9.78 Å². The zero-order valence-electron chi connectivity index (χ0n) is 18.0. The molecule has 1 aromatic carbocycles. The number of nitro groups is 1. The number of carbonyl (C=O) groups is 1. The van der Waals surface area contributed by atoms with Gasteiger partial charge < -0.3 is 4.74 Å². The van der Waals surface area contributed by atoms with E-state index in [9.17, 15) is 14.9 Å². The summed E-state index contributed by atoms with van der Waals surface area (Å²) in [7, 11) is 0. The van der Waals surface area contributed by atoms with Crippen LogP contribution in [0.2, 0.25) is 0 Å². The zero-order valence-corrected chi connectivity index (χ0v) is 18.8. The highest BCUT2D eigenvalue weighted by molar-refractivity contribution is 7.99. The molecule has 7 nitrogen and oxygen atoms in total. The van der Waals surface area contributed by atoms with Gasteiger partial charge in [-0.3, -0.25) is 14.9 Å². The molecule has 0 saturated heterocycles. The van der Waals surface area contributed by atoms with Gasteiger partial charge in [-0.15, -0.1) is 0 Å². The van der Waals surface area contributed by atoms with E-state index < -0.39 is 10.5 Å². The number of nitrogens with zero attached hydrogens (tertiary/aromatic N) is 3. The topological polar surface area (TPSA) is 87.3 Å². The van der Waals surface area contributed by atoms with E-state index in [-0.39, 0.29) is 11.7 Å². The van der Waals surface area contributed by atoms with E-state index in [0.29, 0.717) is 33.7 Å². The van der Waals surface area contributed by atoms with Crippen LogP contribution in [0.5, 0.6) is 5.88 Å². The Morgan fingerprint density at radius 3 is 2.57 bits per heavy atom. The number of aryl methyl sites for hydroxylation is 1. The molecule has 1 saturated carbocycles. The van der Waals surface area contributed by atoms with Gasteiger partial charge in [-0.1, -0.05) is 43.2 Å². The molecule has 1 aliphatic carbocycles. The monoisotopic (exact) mass is 431 g/mol. The van der Waals surface area contributed by atoms with Gasteiger partial charge in [-0.05, 0) is 52.5 Å². The van der Waals surface area contributed by atoms with Crippen LogP contribution >= 0.6 is 11.8 Å². The lowest BCUT2D eigenvalue weighted by Crippen LogP contribution is -2.26. The zero-order chi connectivity index (χ0) is 21.9. The second-order valence-corrected chi connectivity index (χ2v) is 9.86. The maximum atomic E-state index is 12.8. The summed E-state index contributed by atoms with van der Waals surface area (Å²) in [5.41, 5.74) is 0.283. The van der Waals surface area contributed by atoms with Crippen LogP contribution in [0.1, 0.15) is 65.0 Å². The van der Waals surface area contributed by atoms with E-state index in [1.165, 1.54) is 24.2 Å². The van der Waals surface area contributed by atoms with Gasteiger partial charge in [0.05, 0.1) is 25.9 Å². The minimum atomic E-state index is -0.410. The van der Waals surface area contributed by atoms with Gasteiger partial charge >= 0.3 is 5.97 Å². The molecular formula is C22H29N3O4S. The molecule has 30 heavy (non-hydrogen) atoms. The Labute approximate surface area is 181 Å². The first-order chi connectivity index (χ1) is 14.2. The summed E-state index contributed by atoms with van der Waals surface area (Å²) < 4.78 is 7.58. The molecule has 3 rings (SSSR count). The molecule has 0 unspecified atom stereocenters. The molecule has 2 aromatic rings. The Balaban J connectivity index is 1.92. The van der Waals surface area contributed by atoms with Crippen LogP contribution in [-0.4, -0.2) is 20.7 Å². The summed E-state index contributed by atoms with van der Waals surface area (Å²) in [6.45, 7) is 7.78. The summed E-state index contributed by atoms with van der Waals surface area (Å²) in [5.74, 6) is 0.463. The van der Waals surface area contributed by atoms with Gasteiger partial charge in [0, 0.05) is 12.5 Å². The number of esters is 1. The third-order valence-corrected chi connectivity index (χ3v) is 6.50. The van der Waals surface area contributed by atoms with Crippen LogP contribution < -0.4 is 4.74 Å². The Kier molecular flexibility index (Phi) is 6.85. The van der Waals surface area contributed by atoms with Crippen molar-refractivity contribution in [3.8, 4) is 5.88 Å². The molecule has 0 amide bonds. The van der Waals surface area contributed by atoms with Crippen LogP contribution in [0.4, 0.5) is 5.69 Å². The first kappa shape index (κ1) is 22.3. The Morgan fingerprint density at radius 1 is 1.27 bits per heavy atom. The van der Waals surface area contributed by atoms with Crippen molar-refractivity contribution in [3.63, 3.8) is 0 Å². The fourth-order valence-corrected chi connectivity index (χ4v) is 4.75. The number of benzene rings is 1. The Bertz CT molecular complexity index is 927. The minimum absolute atomic E-state index is 0.0184. The van der Waals surface area contributed by atoms with Crippen LogP contribution in [0, 0.1) is 23.0 Å². The van der Waals surface area contributed by atoms with Crippen molar-refractivity contribution < 1.29 is 14.5 Å². The Hall–Kier alpha value is -2.35. The van der Waals surface area contributed by atoms with Gasteiger partial charge in [0.2, 0.25) is 5.88 Å². The number of ether oxygens (including phenoxy) is 1. The molecule has 1 aromatic heterocycles. The van der Waals surface area contributed by atoms with Gasteiger partial charge in [0.15, 0.2) is 0 Å². The number of nitro benzene ring substituents is 1. The molecule has 0 bridgehead atoms. The van der Waals surface area contributed by atoms with E-state index in [2.05, 4.69) is 5.10 Å². The van der Waals surface area contributed by atoms with E-state index in [4.69, 9.17) is 4.74 Å². The summed E-state index contributed by atoms with van der Waals surface area (Å²) in [5, 5.41) is 16.0. The van der Waals surface area contributed by atoms with Crippen molar-refractivity contribution >= 4 is 23.4 Å². The van der Waals surface area contributed by atoms with Crippen LogP contribution in [0.15, 0.2) is 34.1 Å². The van der Waals surface area contributed by atoms with E-state index in [0.717, 1.165) is 25.7 Å². The average molecular weight is 432 g/mol. The highest BCUT2D eigenvalue weighted by Crippen LogP contribution is 2.43. The molecule has 0 radical (unpaired) electrons. The second kappa shape index (κ2) is 9.20. The lowest BCUT2D eigenvalue weighted by molar-refractivity contribution is -0.387. The number of carbonyl (C=O) groups excluding carboxylic acids is 1. The Morgan fingerprint density at radius 2 is 1.93 bits per heavy atom. The van der Waals surface area contributed by atoms with Crippen LogP contribution in [-0.2, 0) is 10.3 Å².